The minimum absolute atomic E-state index is 0.147. The summed E-state index contributed by atoms with van der Waals surface area (Å²) in [6.45, 7) is 0. The Labute approximate surface area is 158 Å². The molecule has 0 amide bonds. The number of para-hydroxylation sites is 2. The van der Waals surface area contributed by atoms with Crippen LogP contribution in [0.2, 0.25) is 0 Å². The summed E-state index contributed by atoms with van der Waals surface area (Å²) < 4.78 is 2.69. The largest absolute Gasteiger partial charge is 0.481 e. The molecular formula is C20H16N2O6. The van der Waals surface area contributed by atoms with Crippen molar-refractivity contribution in [2.24, 2.45) is 0 Å². The molecule has 0 saturated carbocycles. The van der Waals surface area contributed by atoms with E-state index in [1.165, 1.54) is 9.46 Å². The SMILES string of the molecule is O=C(O)Cc1cn(OOn2cc(CC(=O)O)c3ccccc32)c2ccccc12. The second-order valence-corrected chi connectivity index (χ2v) is 6.28. The fourth-order valence-corrected chi connectivity index (χ4v) is 3.24. The molecular weight excluding hydrogens is 364 g/mol. The van der Waals surface area contributed by atoms with Gasteiger partial charge in [-0.3, -0.25) is 9.59 Å². The van der Waals surface area contributed by atoms with Crippen LogP contribution in [0.1, 0.15) is 11.1 Å². The normalized spacial score (nSPS) is 11.0. The zero-order chi connectivity index (χ0) is 19.7. The number of aliphatic carboxylic acids is 2. The Bertz CT molecular complexity index is 1100. The number of rotatable bonds is 7. The predicted molar refractivity (Wildman–Crippen MR) is 99.7 cm³/mol. The zero-order valence-corrected chi connectivity index (χ0v) is 14.6. The summed E-state index contributed by atoms with van der Waals surface area (Å²) in [4.78, 5) is 33.1. The molecule has 2 aromatic carbocycles. The number of aromatic nitrogens is 2. The smallest absolute Gasteiger partial charge is 0.307 e. The van der Waals surface area contributed by atoms with Gasteiger partial charge in [0.15, 0.2) is 0 Å². The molecule has 142 valence electrons. The van der Waals surface area contributed by atoms with Crippen molar-refractivity contribution in [2.45, 2.75) is 12.8 Å². The van der Waals surface area contributed by atoms with Crippen LogP contribution in [0.4, 0.5) is 0 Å². The van der Waals surface area contributed by atoms with E-state index in [1.807, 2.05) is 36.4 Å². The molecule has 2 N–H and O–H groups in total. The topological polar surface area (TPSA) is 103 Å². The van der Waals surface area contributed by atoms with E-state index in [2.05, 4.69) is 0 Å². The average molecular weight is 380 g/mol. The maximum Gasteiger partial charge on any atom is 0.307 e. The average Bonchev–Trinajstić information content (AvgIpc) is 3.18. The van der Waals surface area contributed by atoms with Crippen LogP contribution in [-0.4, -0.2) is 31.6 Å². The van der Waals surface area contributed by atoms with Gasteiger partial charge in [0.2, 0.25) is 0 Å². The maximum absolute atomic E-state index is 11.1. The van der Waals surface area contributed by atoms with E-state index in [9.17, 15) is 9.59 Å². The van der Waals surface area contributed by atoms with E-state index in [-0.39, 0.29) is 12.8 Å². The zero-order valence-electron chi connectivity index (χ0n) is 14.6. The lowest BCUT2D eigenvalue weighted by Gasteiger charge is -2.07. The van der Waals surface area contributed by atoms with E-state index < -0.39 is 11.9 Å². The van der Waals surface area contributed by atoms with Crippen molar-refractivity contribution >= 4 is 33.7 Å². The first-order valence-corrected chi connectivity index (χ1v) is 8.50. The molecule has 0 radical (unpaired) electrons. The number of benzene rings is 2. The van der Waals surface area contributed by atoms with Gasteiger partial charge in [0.1, 0.15) is 0 Å². The second kappa shape index (κ2) is 6.99. The van der Waals surface area contributed by atoms with Gasteiger partial charge >= 0.3 is 11.9 Å². The molecule has 0 aliphatic heterocycles. The highest BCUT2D eigenvalue weighted by atomic mass is 17.3. The van der Waals surface area contributed by atoms with Crippen molar-refractivity contribution in [2.75, 3.05) is 0 Å². The summed E-state index contributed by atoms with van der Waals surface area (Å²) in [5.41, 5.74) is 2.49. The molecule has 0 aliphatic carbocycles. The molecule has 28 heavy (non-hydrogen) atoms. The van der Waals surface area contributed by atoms with Crippen molar-refractivity contribution in [3.63, 3.8) is 0 Å². The molecule has 0 atom stereocenters. The van der Waals surface area contributed by atoms with Gasteiger partial charge in [-0.1, -0.05) is 36.4 Å². The van der Waals surface area contributed by atoms with Crippen LogP contribution < -0.4 is 9.98 Å². The first-order chi connectivity index (χ1) is 13.5. The highest BCUT2D eigenvalue weighted by Gasteiger charge is 2.15. The van der Waals surface area contributed by atoms with Crippen molar-refractivity contribution in [1.82, 2.24) is 9.46 Å². The summed E-state index contributed by atoms with van der Waals surface area (Å²) in [6.07, 6.45) is 2.82. The Hall–Kier alpha value is -3.94. The lowest BCUT2D eigenvalue weighted by Crippen LogP contribution is -2.22. The Balaban J connectivity index is 1.67. The van der Waals surface area contributed by atoms with Crippen molar-refractivity contribution in [3.05, 3.63) is 72.1 Å². The Morgan fingerprint density at radius 3 is 1.50 bits per heavy atom. The molecule has 0 fully saturated rings. The van der Waals surface area contributed by atoms with E-state index in [0.29, 0.717) is 22.2 Å². The van der Waals surface area contributed by atoms with Gasteiger partial charge < -0.3 is 10.2 Å². The van der Waals surface area contributed by atoms with Crippen LogP contribution in [0.5, 0.6) is 0 Å². The molecule has 2 aromatic heterocycles. The second-order valence-electron chi connectivity index (χ2n) is 6.28. The lowest BCUT2D eigenvalue weighted by atomic mass is 10.1. The summed E-state index contributed by atoms with van der Waals surface area (Å²) in [7, 11) is 0. The molecule has 2 heterocycles. The molecule has 0 bridgehead atoms. The number of carboxylic acids is 2. The number of nitrogens with zero attached hydrogens (tertiary/aromatic N) is 2. The summed E-state index contributed by atoms with van der Waals surface area (Å²) >= 11 is 0. The van der Waals surface area contributed by atoms with Gasteiger partial charge in [-0.2, -0.15) is 9.98 Å². The molecule has 8 nitrogen and oxygen atoms in total. The number of hydrogen-bond acceptors (Lipinski definition) is 4. The van der Waals surface area contributed by atoms with E-state index >= 15 is 0 Å². The van der Waals surface area contributed by atoms with Crippen molar-refractivity contribution in [1.29, 1.82) is 0 Å². The van der Waals surface area contributed by atoms with Crippen LogP contribution in [0.25, 0.3) is 21.8 Å². The molecule has 8 heteroatoms. The first-order valence-electron chi connectivity index (χ1n) is 8.50. The standard InChI is InChI=1S/C20H16N2O6/c23-19(24)9-13-11-21(17-7-3-1-5-15(13)17)27-28-22-12-14(10-20(25)26)16-6-2-4-8-18(16)22/h1-8,11-12H,9-10H2,(H,23,24)(H,25,26). The first kappa shape index (κ1) is 17.5. The fraction of sp³-hybridized carbons (Fsp3) is 0.100. The number of hydrogen-bond donors (Lipinski definition) is 2. The van der Waals surface area contributed by atoms with Crippen LogP contribution in [0.15, 0.2) is 60.9 Å². The minimum Gasteiger partial charge on any atom is -0.481 e. The third-order valence-corrected chi connectivity index (χ3v) is 4.40. The predicted octanol–water partition coefficient (Wildman–Crippen LogP) is 2.32. The molecule has 0 spiro atoms. The maximum atomic E-state index is 11.1. The van der Waals surface area contributed by atoms with Crippen LogP contribution >= 0.6 is 0 Å². The van der Waals surface area contributed by atoms with Gasteiger partial charge in [0.05, 0.1) is 36.3 Å². The third-order valence-electron chi connectivity index (χ3n) is 4.40. The summed E-state index contributed by atoms with van der Waals surface area (Å²) in [6, 6.07) is 14.4. The summed E-state index contributed by atoms with van der Waals surface area (Å²) in [5, 5.41) is 19.7. The van der Waals surface area contributed by atoms with E-state index in [0.717, 1.165) is 10.8 Å². The molecule has 0 unspecified atom stereocenters. The molecule has 4 rings (SSSR count). The number of carboxylic acid groups (broad SMARTS) is 2. The number of fused-ring (bicyclic) bond motifs is 2. The van der Waals surface area contributed by atoms with Gasteiger partial charge in [-0.15, -0.1) is 9.46 Å². The highest BCUT2D eigenvalue weighted by Crippen LogP contribution is 2.23. The number of carbonyl (C=O) groups is 2. The Morgan fingerprint density at radius 1 is 0.714 bits per heavy atom. The van der Waals surface area contributed by atoms with Crippen LogP contribution in [0.3, 0.4) is 0 Å². The van der Waals surface area contributed by atoms with Crippen LogP contribution in [-0.2, 0) is 22.4 Å². The molecule has 0 saturated heterocycles. The van der Waals surface area contributed by atoms with Gasteiger partial charge in [-0.05, 0) is 23.3 Å². The quantitative estimate of drug-likeness (QED) is 0.377. The molecule has 0 aliphatic rings. The third kappa shape index (κ3) is 3.23. The monoisotopic (exact) mass is 380 g/mol. The summed E-state index contributed by atoms with van der Waals surface area (Å²) in [5.74, 6) is -1.89. The minimum atomic E-state index is -0.946. The van der Waals surface area contributed by atoms with Gasteiger partial charge in [0, 0.05) is 10.8 Å². The van der Waals surface area contributed by atoms with Crippen molar-refractivity contribution < 1.29 is 29.8 Å². The van der Waals surface area contributed by atoms with E-state index in [1.54, 1.807) is 24.5 Å². The molecule has 4 aromatic rings. The lowest BCUT2D eigenvalue weighted by molar-refractivity contribution is -0.284. The van der Waals surface area contributed by atoms with Gasteiger partial charge in [-0.25, -0.2) is 0 Å². The van der Waals surface area contributed by atoms with Gasteiger partial charge in [0.25, 0.3) is 0 Å². The Kier molecular flexibility index (Phi) is 4.36. The van der Waals surface area contributed by atoms with Crippen molar-refractivity contribution in [3.8, 4) is 0 Å². The van der Waals surface area contributed by atoms with Crippen LogP contribution in [0, 0.1) is 0 Å². The van der Waals surface area contributed by atoms with E-state index in [4.69, 9.17) is 20.2 Å². The fourth-order valence-electron chi connectivity index (χ4n) is 3.24. The highest BCUT2D eigenvalue weighted by molar-refractivity contribution is 5.88. The Morgan fingerprint density at radius 2 is 1.11 bits per heavy atom.